The summed E-state index contributed by atoms with van der Waals surface area (Å²) in [5.41, 5.74) is 3.03. The molecular weight excluding hydrogens is 198 g/mol. The van der Waals surface area contributed by atoms with Crippen LogP contribution in [0.4, 0.5) is 0 Å². The molecule has 0 bridgehead atoms. The first-order valence-corrected chi connectivity index (χ1v) is 6.35. The Labute approximate surface area is 98.2 Å². The van der Waals surface area contributed by atoms with Crippen LogP contribution in [0.15, 0.2) is 6.07 Å². The van der Waals surface area contributed by atoms with Gasteiger partial charge in [-0.3, -0.25) is 4.68 Å². The zero-order chi connectivity index (χ0) is 11.6. The van der Waals surface area contributed by atoms with E-state index in [1.807, 2.05) is 18.7 Å². The highest BCUT2D eigenvalue weighted by Crippen LogP contribution is 2.48. The zero-order valence-corrected chi connectivity index (χ0v) is 10.7. The first-order valence-electron chi connectivity index (χ1n) is 6.35. The molecule has 0 saturated heterocycles. The molecule has 0 aliphatic heterocycles. The molecule has 1 N–H and O–H groups in total. The Morgan fingerprint density at radius 3 is 2.75 bits per heavy atom. The van der Waals surface area contributed by atoms with Crippen molar-refractivity contribution in [3.8, 4) is 0 Å². The van der Waals surface area contributed by atoms with E-state index in [0.29, 0.717) is 5.41 Å². The highest BCUT2D eigenvalue weighted by Gasteiger charge is 2.40. The molecule has 0 spiro atoms. The maximum Gasteiger partial charge on any atom is 0.0597 e. The van der Waals surface area contributed by atoms with Crippen LogP contribution in [0.3, 0.4) is 0 Å². The van der Waals surface area contributed by atoms with Gasteiger partial charge in [0, 0.05) is 20.1 Å². The number of aryl methyl sites for hydroxylation is 2. The second-order valence-corrected chi connectivity index (χ2v) is 5.25. The van der Waals surface area contributed by atoms with Gasteiger partial charge in [0.15, 0.2) is 0 Å². The molecule has 3 heteroatoms. The van der Waals surface area contributed by atoms with E-state index in [0.717, 1.165) is 12.2 Å². The zero-order valence-electron chi connectivity index (χ0n) is 10.7. The first kappa shape index (κ1) is 11.6. The van der Waals surface area contributed by atoms with Gasteiger partial charge in [0.2, 0.25) is 0 Å². The average Bonchev–Trinajstić information content (AvgIpc) is 2.89. The smallest absolute Gasteiger partial charge is 0.0597 e. The topological polar surface area (TPSA) is 29.9 Å². The number of hydrogen-bond donors (Lipinski definition) is 1. The van der Waals surface area contributed by atoms with Gasteiger partial charge < -0.3 is 5.32 Å². The largest absolute Gasteiger partial charge is 0.311 e. The molecule has 90 valence electrons. The van der Waals surface area contributed by atoms with E-state index in [4.69, 9.17) is 0 Å². The van der Waals surface area contributed by atoms with E-state index in [1.54, 1.807) is 0 Å². The maximum absolute atomic E-state index is 4.35. The molecule has 1 heterocycles. The van der Waals surface area contributed by atoms with Gasteiger partial charge in [-0.2, -0.15) is 5.10 Å². The van der Waals surface area contributed by atoms with E-state index < -0.39 is 0 Å². The van der Waals surface area contributed by atoms with Gasteiger partial charge in [0.25, 0.3) is 0 Å². The van der Waals surface area contributed by atoms with Crippen molar-refractivity contribution in [2.75, 3.05) is 6.54 Å². The average molecular weight is 221 g/mol. The van der Waals surface area contributed by atoms with Gasteiger partial charge in [-0.1, -0.05) is 13.3 Å². The van der Waals surface area contributed by atoms with E-state index >= 15 is 0 Å². The van der Waals surface area contributed by atoms with Crippen LogP contribution < -0.4 is 5.32 Å². The number of nitrogens with one attached hydrogen (secondary N) is 1. The highest BCUT2D eigenvalue weighted by atomic mass is 15.3. The SMILES string of the molecule is CCCC1(CNCc2cc(C)nn2C)CC1. The predicted octanol–water partition coefficient (Wildman–Crippen LogP) is 2.40. The summed E-state index contributed by atoms with van der Waals surface area (Å²) in [5, 5.41) is 7.94. The highest BCUT2D eigenvalue weighted by molar-refractivity contribution is 5.08. The monoisotopic (exact) mass is 221 g/mol. The second-order valence-electron chi connectivity index (χ2n) is 5.25. The van der Waals surface area contributed by atoms with Crippen LogP contribution in [0.25, 0.3) is 0 Å². The van der Waals surface area contributed by atoms with Crippen molar-refractivity contribution < 1.29 is 0 Å². The van der Waals surface area contributed by atoms with E-state index in [1.165, 1.54) is 37.9 Å². The van der Waals surface area contributed by atoms with Crippen LogP contribution in [0.1, 0.15) is 44.0 Å². The molecule has 1 aromatic rings. The van der Waals surface area contributed by atoms with Crippen LogP contribution in [0.5, 0.6) is 0 Å². The van der Waals surface area contributed by atoms with Gasteiger partial charge >= 0.3 is 0 Å². The van der Waals surface area contributed by atoms with E-state index in [2.05, 4.69) is 23.4 Å². The standard InChI is InChI=1S/C13H23N3/c1-4-5-13(6-7-13)10-14-9-12-8-11(2)15-16(12)3/h8,14H,4-7,9-10H2,1-3H3. The summed E-state index contributed by atoms with van der Waals surface area (Å²) in [4.78, 5) is 0. The van der Waals surface area contributed by atoms with Crippen LogP contribution in [-0.2, 0) is 13.6 Å². The Balaban J connectivity index is 1.78. The molecule has 16 heavy (non-hydrogen) atoms. The molecule has 1 aliphatic carbocycles. The molecule has 0 unspecified atom stereocenters. The summed E-state index contributed by atoms with van der Waals surface area (Å²) >= 11 is 0. The van der Waals surface area contributed by atoms with Gasteiger partial charge in [0.05, 0.1) is 11.4 Å². The van der Waals surface area contributed by atoms with Crippen LogP contribution in [0, 0.1) is 12.3 Å². The lowest BCUT2D eigenvalue weighted by atomic mass is 10.0. The molecule has 0 amide bonds. The molecule has 2 rings (SSSR count). The summed E-state index contributed by atoms with van der Waals surface area (Å²) < 4.78 is 1.97. The third-order valence-corrected chi connectivity index (χ3v) is 3.64. The molecule has 1 aliphatic rings. The minimum atomic E-state index is 0.641. The molecule has 1 aromatic heterocycles. The van der Waals surface area contributed by atoms with Crippen molar-refractivity contribution in [3.05, 3.63) is 17.5 Å². The van der Waals surface area contributed by atoms with Gasteiger partial charge in [0.1, 0.15) is 0 Å². The molecule has 0 aromatic carbocycles. The summed E-state index contributed by atoms with van der Waals surface area (Å²) in [6, 6.07) is 2.16. The summed E-state index contributed by atoms with van der Waals surface area (Å²) in [6.07, 6.45) is 5.52. The lowest BCUT2D eigenvalue weighted by Gasteiger charge is -2.14. The van der Waals surface area contributed by atoms with Crippen molar-refractivity contribution >= 4 is 0 Å². The van der Waals surface area contributed by atoms with Crippen LogP contribution >= 0.6 is 0 Å². The normalized spacial score (nSPS) is 17.7. The minimum absolute atomic E-state index is 0.641. The summed E-state index contributed by atoms with van der Waals surface area (Å²) in [5.74, 6) is 0. The fraction of sp³-hybridized carbons (Fsp3) is 0.769. The molecule has 0 radical (unpaired) electrons. The molecule has 0 atom stereocenters. The van der Waals surface area contributed by atoms with Crippen molar-refractivity contribution in [2.24, 2.45) is 12.5 Å². The lowest BCUT2D eigenvalue weighted by molar-refractivity contribution is 0.417. The minimum Gasteiger partial charge on any atom is -0.311 e. The second kappa shape index (κ2) is 4.58. The lowest BCUT2D eigenvalue weighted by Crippen LogP contribution is -2.24. The van der Waals surface area contributed by atoms with Crippen molar-refractivity contribution in [1.82, 2.24) is 15.1 Å². The quantitative estimate of drug-likeness (QED) is 0.799. The first-order chi connectivity index (χ1) is 7.65. The summed E-state index contributed by atoms with van der Waals surface area (Å²) in [6.45, 7) is 6.45. The predicted molar refractivity (Wildman–Crippen MR) is 66.2 cm³/mol. The maximum atomic E-state index is 4.35. The third kappa shape index (κ3) is 2.64. The van der Waals surface area contributed by atoms with Gasteiger partial charge in [-0.25, -0.2) is 0 Å². The Morgan fingerprint density at radius 2 is 2.25 bits per heavy atom. The number of rotatable bonds is 6. The van der Waals surface area contributed by atoms with Crippen molar-refractivity contribution in [1.29, 1.82) is 0 Å². The number of nitrogens with zero attached hydrogens (tertiary/aromatic N) is 2. The Kier molecular flexibility index (Phi) is 3.33. The summed E-state index contributed by atoms with van der Waals surface area (Å²) in [7, 11) is 2.02. The van der Waals surface area contributed by atoms with Gasteiger partial charge in [-0.05, 0) is 37.7 Å². The van der Waals surface area contributed by atoms with Crippen LogP contribution in [-0.4, -0.2) is 16.3 Å². The fourth-order valence-corrected chi connectivity index (χ4v) is 2.51. The Bertz CT molecular complexity index is 350. The Morgan fingerprint density at radius 1 is 1.50 bits per heavy atom. The molecule has 1 fully saturated rings. The van der Waals surface area contributed by atoms with Crippen molar-refractivity contribution in [3.63, 3.8) is 0 Å². The van der Waals surface area contributed by atoms with Crippen molar-refractivity contribution in [2.45, 2.75) is 46.1 Å². The molecular formula is C13H23N3. The number of aromatic nitrogens is 2. The third-order valence-electron chi connectivity index (χ3n) is 3.64. The van der Waals surface area contributed by atoms with E-state index in [-0.39, 0.29) is 0 Å². The van der Waals surface area contributed by atoms with E-state index in [9.17, 15) is 0 Å². The molecule has 1 saturated carbocycles. The molecule has 3 nitrogen and oxygen atoms in total. The fourth-order valence-electron chi connectivity index (χ4n) is 2.51. The number of hydrogen-bond acceptors (Lipinski definition) is 2. The van der Waals surface area contributed by atoms with Gasteiger partial charge in [-0.15, -0.1) is 0 Å². The Hall–Kier alpha value is -0.830. The van der Waals surface area contributed by atoms with Crippen LogP contribution in [0.2, 0.25) is 0 Å².